The van der Waals surface area contributed by atoms with Gasteiger partial charge in [0.25, 0.3) is 5.91 Å². The van der Waals surface area contributed by atoms with Crippen molar-refractivity contribution in [3.05, 3.63) is 58.8 Å². The molecule has 5 nitrogen and oxygen atoms in total. The van der Waals surface area contributed by atoms with Gasteiger partial charge in [-0.15, -0.1) is 0 Å². The van der Waals surface area contributed by atoms with Gasteiger partial charge in [0.05, 0.1) is 22.9 Å². The minimum atomic E-state index is -0.168. The van der Waals surface area contributed by atoms with Crippen molar-refractivity contribution in [2.75, 3.05) is 6.61 Å². The molecule has 1 aromatic heterocycles. The Labute approximate surface area is 148 Å². The molecule has 2 aromatic carbocycles. The largest absolute Gasteiger partial charge is 0.484 e. The molecule has 0 aliphatic carbocycles. The van der Waals surface area contributed by atoms with Crippen molar-refractivity contribution in [3.63, 3.8) is 0 Å². The van der Waals surface area contributed by atoms with Gasteiger partial charge in [0.1, 0.15) is 5.75 Å². The lowest BCUT2D eigenvalue weighted by Crippen LogP contribution is -2.29. The molecule has 0 spiro atoms. The monoisotopic (exact) mass is 387 g/mol. The number of nitrogens with zero attached hydrogens (tertiary/aromatic N) is 2. The molecule has 0 bridgehead atoms. The lowest BCUT2D eigenvalue weighted by Gasteiger charge is -2.09. The number of rotatable bonds is 6. The van der Waals surface area contributed by atoms with Crippen LogP contribution in [-0.2, 0) is 17.9 Å². The molecule has 0 fully saturated rings. The Morgan fingerprint density at radius 2 is 2.04 bits per heavy atom. The highest BCUT2D eigenvalue weighted by molar-refractivity contribution is 9.10. The average Bonchev–Trinajstić information content (AvgIpc) is 2.97. The van der Waals surface area contributed by atoms with Crippen LogP contribution in [0.1, 0.15) is 12.6 Å². The number of ether oxygens (including phenoxy) is 1. The van der Waals surface area contributed by atoms with Crippen molar-refractivity contribution in [2.45, 2.75) is 20.0 Å². The average molecular weight is 388 g/mol. The molecule has 24 heavy (non-hydrogen) atoms. The first-order valence-electron chi connectivity index (χ1n) is 7.76. The van der Waals surface area contributed by atoms with Crippen LogP contribution in [0.25, 0.3) is 10.8 Å². The van der Waals surface area contributed by atoms with Crippen LogP contribution >= 0.6 is 15.9 Å². The molecule has 0 aliphatic rings. The van der Waals surface area contributed by atoms with Crippen molar-refractivity contribution < 1.29 is 9.53 Å². The van der Waals surface area contributed by atoms with E-state index in [9.17, 15) is 4.79 Å². The summed E-state index contributed by atoms with van der Waals surface area (Å²) in [5.41, 5.74) is 0.941. The summed E-state index contributed by atoms with van der Waals surface area (Å²) in [6.07, 6.45) is 1.73. The first kappa shape index (κ1) is 16.5. The van der Waals surface area contributed by atoms with Crippen LogP contribution in [0.4, 0.5) is 0 Å². The van der Waals surface area contributed by atoms with E-state index in [1.54, 1.807) is 6.20 Å². The lowest BCUT2D eigenvalue weighted by molar-refractivity contribution is -0.123. The maximum absolute atomic E-state index is 12.0. The summed E-state index contributed by atoms with van der Waals surface area (Å²) in [4.78, 5) is 12.0. The Balaban J connectivity index is 1.55. The van der Waals surface area contributed by atoms with E-state index in [0.717, 1.165) is 27.5 Å². The van der Waals surface area contributed by atoms with Crippen LogP contribution in [-0.4, -0.2) is 22.3 Å². The van der Waals surface area contributed by atoms with E-state index >= 15 is 0 Å². The van der Waals surface area contributed by atoms with Crippen LogP contribution in [0.5, 0.6) is 5.75 Å². The second kappa shape index (κ2) is 7.49. The normalized spacial score (nSPS) is 10.8. The van der Waals surface area contributed by atoms with Gasteiger partial charge in [0, 0.05) is 6.54 Å². The van der Waals surface area contributed by atoms with Gasteiger partial charge in [-0.1, -0.05) is 30.3 Å². The fraction of sp³-hybridized carbons (Fsp3) is 0.222. The van der Waals surface area contributed by atoms with Crippen molar-refractivity contribution >= 4 is 32.6 Å². The number of hydrogen-bond acceptors (Lipinski definition) is 3. The summed E-state index contributed by atoms with van der Waals surface area (Å²) in [5.74, 6) is 0.516. The number of carbonyl (C=O) groups is 1. The van der Waals surface area contributed by atoms with Crippen LogP contribution in [0.3, 0.4) is 0 Å². The quantitative estimate of drug-likeness (QED) is 0.703. The maximum Gasteiger partial charge on any atom is 0.258 e. The molecule has 1 amide bonds. The number of aryl methyl sites for hydroxylation is 1. The van der Waals surface area contributed by atoms with Gasteiger partial charge in [0.2, 0.25) is 0 Å². The predicted molar refractivity (Wildman–Crippen MR) is 96.9 cm³/mol. The Morgan fingerprint density at radius 1 is 1.25 bits per heavy atom. The van der Waals surface area contributed by atoms with E-state index in [2.05, 4.69) is 26.3 Å². The van der Waals surface area contributed by atoms with E-state index in [4.69, 9.17) is 4.74 Å². The minimum Gasteiger partial charge on any atom is -0.484 e. The van der Waals surface area contributed by atoms with Gasteiger partial charge in [-0.2, -0.15) is 5.10 Å². The van der Waals surface area contributed by atoms with E-state index in [0.29, 0.717) is 12.3 Å². The van der Waals surface area contributed by atoms with Crippen molar-refractivity contribution in [1.29, 1.82) is 0 Å². The van der Waals surface area contributed by atoms with E-state index in [1.165, 1.54) is 0 Å². The fourth-order valence-corrected chi connectivity index (χ4v) is 2.91. The first-order valence-corrected chi connectivity index (χ1v) is 8.55. The predicted octanol–water partition coefficient (Wildman–Crippen LogP) is 3.51. The molecular formula is C18H18BrN3O2. The number of fused-ring (bicyclic) bond motifs is 1. The lowest BCUT2D eigenvalue weighted by atomic mass is 10.1. The molecule has 3 rings (SSSR count). The summed E-state index contributed by atoms with van der Waals surface area (Å²) in [7, 11) is 0. The Bertz CT molecular complexity index is 860. The van der Waals surface area contributed by atoms with Gasteiger partial charge < -0.3 is 10.1 Å². The number of benzene rings is 2. The van der Waals surface area contributed by atoms with Crippen molar-refractivity contribution in [2.24, 2.45) is 0 Å². The van der Waals surface area contributed by atoms with Crippen LogP contribution in [0.15, 0.2) is 53.1 Å². The Hall–Kier alpha value is -2.34. The summed E-state index contributed by atoms with van der Waals surface area (Å²) in [6, 6.07) is 13.8. The van der Waals surface area contributed by atoms with Crippen molar-refractivity contribution in [1.82, 2.24) is 15.1 Å². The Kier molecular flexibility index (Phi) is 5.15. The molecule has 0 saturated carbocycles. The zero-order valence-corrected chi connectivity index (χ0v) is 14.9. The molecule has 124 valence electrons. The van der Waals surface area contributed by atoms with Crippen LogP contribution in [0, 0.1) is 0 Å². The SMILES string of the molecule is CCn1ncc(Br)c1CNC(=O)COc1ccc2ccccc2c1. The zero-order chi connectivity index (χ0) is 16.9. The van der Waals surface area contributed by atoms with Crippen LogP contribution in [0.2, 0.25) is 0 Å². The number of hydrogen-bond donors (Lipinski definition) is 1. The highest BCUT2D eigenvalue weighted by Crippen LogP contribution is 2.20. The molecule has 0 radical (unpaired) electrons. The second-order valence-corrected chi connectivity index (χ2v) is 6.18. The minimum absolute atomic E-state index is 0.0176. The highest BCUT2D eigenvalue weighted by atomic mass is 79.9. The van der Waals surface area contributed by atoms with Gasteiger partial charge >= 0.3 is 0 Å². The zero-order valence-electron chi connectivity index (χ0n) is 13.3. The smallest absolute Gasteiger partial charge is 0.258 e. The third-order valence-electron chi connectivity index (χ3n) is 3.74. The third kappa shape index (κ3) is 3.76. The highest BCUT2D eigenvalue weighted by Gasteiger charge is 2.10. The van der Waals surface area contributed by atoms with Crippen molar-refractivity contribution in [3.8, 4) is 5.75 Å². The Morgan fingerprint density at radius 3 is 2.83 bits per heavy atom. The fourth-order valence-electron chi connectivity index (χ4n) is 2.48. The molecule has 0 saturated heterocycles. The topological polar surface area (TPSA) is 56.2 Å². The molecular weight excluding hydrogens is 370 g/mol. The summed E-state index contributed by atoms with van der Waals surface area (Å²) in [5, 5.41) is 9.31. The number of amides is 1. The molecule has 1 N–H and O–H groups in total. The maximum atomic E-state index is 12.0. The van der Waals surface area contributed by atoms with Gasteiger partial charge in [-0.05, 0) is 45.8 Å². The van der Waals surface area contributed by atoms with E-state index < -0.39 is 0 Å². The first-order chi connectivity index (χ1) is 11.7. The van der Waals surface area contributed by atoms with E-state index in [-0.39, 0.29) is 12.5 Å². The second-order valence-electron chi connectivity index (χ2n) is 5.33. The number of aromatic nitrogens is 2. The molecule has 6 heteroatoms. The standard InChI is InChI=1S/C18H18BrN3O2/c1-2-22-17(16(19)10-21-22)11-20-18(23)12-24-15-8-7-13-5-3-4-6-14(13)9-15/h3-10H,2,11-12H2,1H3,(H,20,23). The number of carbonyl (C=O) groups excluding carboxylic acids is 1. The van der Waals surface area contributed by atoms with Gasteiger partial charge in [0.15, 0.2) is 6.61 Å². The summed E-state index contributed by atoms with van der Waals surface area (Å²) in [6.45, 7) is 3.16. The van der Waals surface area contributed by atoms with E-state index in [1.807, 2.05) is 54.1 Å². The summed E-state index contributed by atoms with van der Waals surface area (Å²) >= 11 is 3.44. The number of nitrogens with one attached hydrogen (secondary N) is 1. The number of halogens is 1. The summed E-state index contributed by atoms with van der Waals surface area (Å²) < 4.78 is 8.32. The third-order valence-corrected chi connectivity index (χ3v) is 4.40. The molecule has 0 atom stereocenters. The molecule has 3 aromatic rings. The van der Waals surface area contributed by atoms with Gasteiger partial charge in [-0.25, -0.2) is 0 Å². The van der Waals surface area contributed by atoms with Crippen LogP contribution < -0.4 is 10.1 Å². The molecule has 0 aliphatic heterocycles. The molecule has 0 unspecified atom stereocenters. The molecule has 1 heterocycles. The van der Waals surface area contributed by atoms with Gasteiger partial charge in [-0.3, -0.25) is 9.48 Å².